The van der Waals surface area contributed by atoms with E-state index in [9.17, 15) is 34.8 Å². The van der Waals surface area contributed by atoms with Crippen molar-refractivity contribution in [3.8, 4) is 0 Å². The Morgan fingerprint density at radius 3 is 2.11 bits per heavy atom. The van der Waals surface area contributed by atoms with Crippen LogP contribution in [-0.2, 0) is 47.5 Å². The third-order valence-corrected chi connectivity index (χ3v) is 11.8. The van der Waals surface area contributed by atoms with Gasteiger partial charge in [0.15, 0.2) is 18.7 Å². The highest BCUT2D eigenvalue weighted by molar-refractivity contribution is 5.83. The maximum absolute atomic E-state index is 14.1. The van der Waals surface area contributed by atoms with Crippen LogP contribution in [0.4, 0.5) is 0 Å². The van der Waals surface area contributed by atoms with Crippen molar-refractivity contribution in [2.24, 2.45) is 23.7 Å². The highest BCUT2D eigenvalue weighted by Gasteiger charge is 2.53. The molecule has 54 heavy (non-hydrogen) atoms. The van der Waals surface area contributed by atoms with Crippen LogP contribution in [0.5, 0.6) is 0 Å². The van der Waals surface area contributed by atoms with Gasteiger partial charge in [0.05, 0.1) is 54.2 Å². The number of ether oxygens (including phenoxy) is 7. The number of aliphatic hydroxyl groups excluding tert-OH is 2. The molecule has 3 heterocycles. The first-order chi connectivity index (χ1) is 25.0. The Labute approximate surface area is 321 Å². The van der Waals surface area contributed by atoms with E-state index in [4.69, 9.17) is 33.2 Å². The molecule has 15 heteroatoms. The van der Waals surface area contributed by atoms with E-state index in [1.807, 2.05) is 25.9 Å². The van der Waals surface area contributed by atoms with E-state index >= 15 is 0 Å². The predicted octanol–water partition coefficient (Wildman–Crippen LogP) is 2.36. The summed E-state index contributed by atoms with van der Waals surface area (Å²) in [5.41, 5.74) is -3.84. The number of likely N-dealkylation sites (N-methyl/N-ethyl adjacent to an activating group) is 1. The van der Waals surface area contributed by atoms with Crippen LogP contribution in [0.15, 0.2) is 0 Å². The normalized spacial score (nSPS) is 46.1. The molecule has 0 saturated carbocycles. The summed E-state index contributed by atoms with van der Waals surface area (Å²) in [5, 5.41) is 46.2. The lowest BCUT2D eigenvalue weighted by Gasteiger charge is -2.48. The van der Waals surface area contributed by atoms with Crippen molar-refractivity contribution in [1.29, 1.82) is 0 Å². The molecule has 3 rings (SSSR count). The van der Waals surface area contributed by atoms with Crippen molar-refractivity contribution in [3.05, 3.63) is 0 Å². The minimum absolute atomic E-state index is 0.109. The molecule has 0 spiro atoms. The highest BCUT2D eigenvalue weighted by atomic mass is 16.7. The molecule has 18 atom stereocenters. The summed E-state index contributed by atoms with van der Waals surface area (Å²) in [5.74, 6) is -5.55. The second kappa shape index (κ2) is 19.1. The van der Waals surface area contributed by atoms with Crippen molar-refractivity contribution in [2.75, 3.05) is 21.2 Å². The Kier molecular flexibility index (Phi) is 16.5. The third kappa shape index (κ3) is 10.6. The fourth-order valence-electron chi connectivity index (χ4n) is 8.49. The van der Waals surface area contributed by atoms with Crippen molar-refractivity contribution < 1.29 is 68.0 Å². The van der Waals surface area contributed by atoms with Crippen molar-refractivity contribution in [1.82, 2.24) is 4.90 Å². The smallest absolute Gasteiger partial charge is 0.311 e. The Morgan fingerprint density at radius 1 is 0.926 bits per heavy atom. The molecular weight excluding hydrogens is 706 g/mol. The number of cyclic esters (lactones) is 1. The molecule has 3 saturated heterocycles. The van der Waals surface area contributed by atoms with Gasteiger partial charge in [0.2, 0.25) is 0 Å². The van der Waals surface area contributed by atoms with Crippen molar-refractivity contribution >= 4 is 17.7 Å². The average molecular weight is 776 g/mol. The first kappa shape index (κ1) is 46.6. The van der Waals surface area contributed by atoms with Crippen LogP contribution < -0.4 is 0 Å². The van der Waals surface area contributed by atoms with Gasteiger partial charge in [-0.05, 0) is 68.0 Å². The van der Waals surface area contributed by atoms with Gasteiger partial charge < -0.3 is 58.5 Å². The molecular formula is C39H69NO14. The molecule has 0 aromatic heterocycles. The van der Waals surface area contributed by atoms with Crippen LogP contribution >= 0.6 is 0 Å². The van der Waals surface area contributed by atoms with Gasteiger partial charge in [-0.25, -0.2) is 0 Å². The number of nitrogens with zero attached hydrogens (tertiary/aromatic N) is 1. The summed E-state index contributed by atoms with van der Waals surface area (Å²) in [6.45, 7) is 16.3. The number of methoxy groups -OCH3 is 1. The molecule has 314 valence electrons. The zero-order chi connectivity index (χ0) is 41.0. The first-order valence-corrected chi connectivity index (χ1v) is 19.6. The Morgan fingerprint density at radius 2 is 1.56 bits per heavy atom. The number of carbonyl (C=O) groups excluding carboxylic acids is 3. The molecule has 0 aromatic rings. The first-order valence-electron chi connectivity index (χ1n) is 19.6. The van der Waals surface area contributed by atoms with Gasteiger partial charge in [-0.2, -0.15) is 0 Å². The summed E-state index contributed by atoms with van der Waals surface area (Å²) < 4.78 is 43.2. The van der Waals surface area contributed by atoms with E-state index in [2.05, 4.69) is 0 Å². The molecule has 0 radical (unpaired) electrons. The average Bonchev–Trinajstić information content (AvgIpc) is 3.11. The zero-order valence-corrected chi connectivity index (χ0v) is 34.6. The standard InChI is InChI=1S/C39H69NO14/c1-14-27-39(10,47)34(44)21(5)30(42)19(3)18-38(9,46)35(54-37-33(52-28(41)15-2)25(40(11)12)16-20(4)49-37)22(6)32(23(7)36(45)51-27)53-29-17-26(48-13)31(43)24(8)50-29/h19-27,29,31-35,37,43-44,46-47H,14-18H2,1-13H3/t19-,20?,21+,22+,23+,24?,25?,26?,27-,29-,31-,32+,33?,34-,35-,37-,38-,39-/m0/s1. The monoisotopic (exact) mass is 775 g/mol. The van der Waals surface area contributed by atoms with Crippen LogP contribution in [-0.4, -0.2) is 149 Å². The van der Waals surface area contributed by atoms with E-state index in [1.165, 1.54) is 27.9 Å². The number of aliphatic hydroxyl groups is 4. The topological polar surface area (TPSA) is 200 Å². The summed E-state index contributed by atoms with van der Waals surface area (Å²) in [6.07, 6.45) is -10.1. The number of Topliss-reactive ketones (excluding diaryl/α,β-unsaturated/α-hetero) is 1. The SMILES string of the molecule is CCC(=O)OC1C(N(C)C)CC(C)O[C@H]1O[C@H]1[C@H](C)[C@@H](O[C@H]2CC(OC)[C@@H](O)C(C)O2)[C@@H](C)C(=O)O[C@@H](CC)[C@](C)(O)[C@@H](O)[C@H](C)C(=O)[C@@H](C)C[C@]1(C)O. The zero-order valence-electron chi connectivity index (χ0n) is 34.6. The van der Waals surface area contributed by atoms with E-state index in [1.54, 1.807) is 41.5 Å². The van der Waals surface area contributed by atoms with E-state index in [0.717, 1.165) is 0 Å². The van der Waals surface area contributed by atoms with Gasteiger partial charge in [-0.3, -0.25) is 14.4 Å². The van der Waals surface area contributed by atoms with Gasteiger partial charge >= 0.3 is 11.9 Å². The molecule has 0 aliphatic carbocycles. The van der Waals surface area contributed by atoms with E-state index in [0.29, 0.717) is 6.42 Å². The largest absolute Gasteiger partial charge is 0.459 e. The summed E-state index contributed by atoms with van der Waals surface area (Å²) >= 11 is 0. The van der Waals surface area contributed by atoms with E-state index in [-0.39, 0.29) is 37.8 Å². The Bertz CT molecular complexity index is 1250. The molecule has 4 N–H and O–H groups in total. The number of ketones is 1. The molecule has 3 fully saturated rings. The molecule has 3 aliphatic heterocycles. The van der Waals surface area contributed by atoms with Crippen molar-refractivity contribution in [2.45, 2.75) is 186 Å². The maximum atomic E-state index is 14.1. The minimum Gasteiger partial charge on any atom is -0.459 e. The fourth-order valence-corrected chi connectivity index (χ4v) is 8.49. The summed E-state index contributed by atoms with van der Waals surface area (Å²) in [4.78, 5) is 42.8. The number of hydrogen-bond acceptors (Lipinski definition) is 15. The Hall–Kier alpha value is -1.79. The molecule has 15 nitrogen and oxygen atoms in total. The van der Waals surface area contributed by atoms with Crippen molar-refractivity contribution in [3.63, 3.8) is 0 Å². The lowest BCUT2D eigenvalue weighted by atomic mass is 9.74. The molecule has 0 aromatic carbocycles. The number of esters is 2. The van der Waals surface area contributed by atoms with Crippen LogP contribution in [0.25, 0.3) is 0 Å². The highest BCUT2D eigenvalue weighted by Crippen LogP contribution is 2.40. The molecule has 5 unspecified atom stereocenters. The van der Waals surface area contributed by atoms with Gasteiger partial charge in [-0.15, -0.1) is 0 Å². The quantitative estimate of drug-likeness (QED) is 0.249. The van der Waals surface area contributed by atoms with Crippen LogP contribution in [0.2, 0.25) is 0 Å². The number of rotatable bonds is 9. The van der Waals surface area contributed by atoms with Crippen LogP contribution in [0.3, 0.4) is 0 Å². The number of hydrogen-bond donors (Lipinski definition) is 4. The summed E-state index contributed by atoms with van der Waals surface area (Å²) in [6, 6.07) is -0.315. The second-order valence-corrected chi connectivity index (χ2v) is 16.6. The molecule has 0 amide bonds. The second-order valence-electron chi connectivity index (χ2n) is 16.6. The predicted molar refractivity (Wildman–Crippen MR) is 196 cm³/mol. The fraction of sp³-hybridized carbons (Fsp3) is 0.923. The van der Waals surface area contributed by atoms with Crippen LogP contribution in [0.1, 0.15) is 101 Å². The van der Waals surface area contributed by atoms with Gasteiger partial charge in [0.1, 0.15) is 23.6 Å². The van der Waals surface area contributed by atoms with Gasteiger partial charge in [0.25, 0.3) is 0 Å². The molecule has 3 aliphatic rings. The van der Waals surface area contributed by atoms with Gasteiger partial charge in [-0.1, -0.05) is 34.6 Å². The van der Waals surface area contributed by atoms with Crippen LogP contribution in [0, 0.1) is 23.7 Å². The molecule has 0 bridgehead atoms. The van der Waals surface area contributed by atoms with Gasteiger partial charge in [0, 0.05) is 37.7 Å². The maximum Gasteiger partial charge on any atom is 0.311 e. The third-order valence-electron chi connectivity index (χ3n) is 11.8. The minimum atomic E-state index is -2.01. The van der Waals surface area contributed by atoms with E-state index < -0.39 is 114 Å². The summed E-state index contributed by atoms with van der Waals surface area (Å²) in [7, 11) is 5.20. The lowest BCUT2D eigenvalue weighted by Crippen LogP contribution is -2.61. The number of carbonyl (C=O) groups is 3. The Balaban J connectivity index is 2.22. The lowest BCUT2D eigenvalue weighted by molar-refractivity contribution is -0.313.